The molecule has 1 N–H and O–H groups in total. The van der Waals surface area contributed by atoms with E-state index in [1.165, 1.54) is 0 Å². The Balaban J connectivity index is 2.58. The minimum Gasteiger partial charge on any atom is -0.467 e. The fourth-order valence-electron chi connectivity index (χ4n) is 1.62. The minimum absolute atomic E-state index is 0.00141. The highest BCUT2D eigenvalue weighted by Gasteiger charge is 2.09. The van der Waals surface area contributed by atoms with Crippen molar-refractivity contribution in [3.8, 4) is 5.88 Å². The Labute approximate surface area is 121 Å². The van der Waals surface area contributed by atoms with Crippen LogP contribution in [0.4, 0.5) is 0 Å². The van der Waals surface area contributed by atoms with Crippen molar-refractivity contribution in [3.05, 3.63) is 17.6 Å². The number of hydrogen-bond donors (Lipinski definition) is 1. The van der Waals surface area contributed by atoms with Crippen molar-refractivity contribution in [1.82, 2.24) is 15.3 Å². The Morgan fingerprint density at radius 2 is 2.10 bits per heavy atom. The summed E-state index contributed by atoms with van der Waals surface area (Å²) in [4.78, 5) is 20.3. The second-order valence-electron chi connectivity index (χ2n) is 5.05. The third kappa shape index (κ3) is 5.55. The molecule has 1 aromatic rings. The molecule has 0 fully saturated rings. The number of aryl methyl sites for hydroxylation is 1. The lowest BCUT2D eigenvalue weighted by molar-refractivity contribution is -0.123. The van der Waals surface area contributed by atoms with E-state index < -0.39 is 0 Å². The van der Waals surface area contributed by atoms with E-state index in [0.717, 1.165) is 30.8 Å². The van der Waals surface area contributed by atoms with Gasteiger partial charge >= 0.3 is 0 Å². The molecule has 112 valence electrons. The van der Waals surface area contributed by atoms with Gasteiger partial charge in [0.2, 0.25) is 5.88 Å². The average molecular weight is 279 g/mol. The van der Waals surface area contributed by atoms with Crippen LogP contribution in [0.1, 0.15) is 58.0 Å². The Hall–Kier alpha value is -1.65. The summed E-state index contributed by atoms with van der Waals surface area (Å²) < 4.78 is 5.47. The molecule has 1 heterocycles. The Bertz CT molecular complexity index is 433. The number of rotatable bonds is 8. The Morgan fingerprint density at radius 1 is 1.35 bits per heavy atom. The SMILES string of the molecule is CCCCNC(=O)COc1cc(C(C)C)nc(CC)n1. The summed E-state index contributed by atoms with van der Waals surface area (Å²) in [5, 5.41) is 2.81. The number of ether oxygens (including phenoxy) is 1. The number of hydrogen-bond acceptors (Lipinski definition) is 4. The molecular weight excluding hydrogens is 254 g/mol. The lowest BCUT2D eigenvalue weighted by Gasteiger charge is -2.10. The van der Waals surface area contributed by atoms with Crippen LogP contribution >= 0.6 is 0 Å². The van der Waals surface area contributed by atoms with Gasteiger partial charge in [0.1, 0.15) is 5.82 Å². The quantitative estimate of drug-likeness (QED) is 0.742. The molecule has 0 saturated heterocycles. The van der Waals surface area contributed by atoms with Gasteiger partial charge in [-0.1, -0.05) is 34.1 Å². The first-order valence-corrected chi connectivity index (χ1v) is 7.34. The molecule has 0 unspecified atom stereocenters. The van der Waals surface area contributed by atoms with Crippen molar-refractivity contribution in [1.29, 1.82) is 0 Å². The maximum atomic E-state index is 11.6. The molecule has 0 aliphatic heterocycles. The van der Waals surface area contributed by atoms with Gasteiger partial charge in [0.05, 0.1) is 5.69 Å². The summed E-state index contributed by atoms with van der Waals surface area (Å²) in [6.07, 6.45) is 2.79. The highest BCUT2D eigenvalue weighted by atomic mass is 16.5. The minimum atomic E-state index is -0.110. The highest BCUT2D eigenvalue weighted by Crippen LogP contribution is 2.17. The number of unbranched alkanes of at least 4 members (excludes halogenated alkanes) is 1. The van der Waals surface area contributed by atoms with Gasteiger partial charge < -0.3 is 10.1 Å². The Morgan fingerprint density at radius 3 is 2.70 bits per heavy atom. The van der Waals surface area contributed by atoms with Crippen molar-refractivity contribution in [3.63, 3.8) is 0 Å². The van der Waals surface area contributed by atoms with E-state index in [2.05, 4.69) is 36.1 Å². The summed E-state index contributed by atoms with van der Waals surface area (Å²) in [6.45, 7) is 8.93. The number of aromatic nitrogens is 2. The van der Waals surface area contributed by atoms with Gasteiger partial charge in [-0.15, -0.1) is 0 Å². The third-order valence-corrected chi connectivity index (χ3v) is 2.88. The zero-order chi connectivity index (χ0) is 15.0. The fraction of sp³-hybridized carbons (Fsp3) is 0.667. The second kappa shape index (κ2) is 8.51. The van der Waals surface area contributed by atoms with Gasteiger partial charge in [0.25, 0.3) is 5.91 Å². The van der Waals surface area contributed by atoms with Crippen LogP contribution < -0.4 is 10.1 Å². The molecule has 0 saturated carbocycles. The van der Waals surface area contributed by atoms with Crippen LogP contribution in [0, 0.1) is 0 Å². The first kappa shape index (κ1) is 16.4. The van der Waals surface area contributed by atoms with Crippen molar-refractivity contribution in [2.24, 2.45) is 0 Å². The smallest absolute Gasteiger partial charge is 0.258 e. The maximum absolute atomic E-state index is 11.6. The number of carbonyl (C=O) groups is 1. The van der Waals surface area contributed by atoms with E-state index in [9.17, 15) is 4.79 Å². The van der Waals surface area contributed by atoms with Crippen LogP contribution in [-0.2, 0) is 11.2 Å². The second-order valence-corrected chi connectivity index (χ2v) is 5.05. The van der Waals surface area contributed by atoms with Gasteiger partial charge in [0, 0.05) is 19.0 Å². The number of amides is 1. The van der Waals surface area contributed by atoms with E-state index in [1.54, 1.807) is 0 Å². The lowest BCUT2D eigenvalue weighted by atomic mass is 10.1. The molecule has 5 nitrogen and oxygen atoms in total. The van der Waals surface area contributed by atoms with E-state index in [1.807, 2.05) is 13.0 Å². The summed E-state index contributed by atoms with van der Waals surface area (Å²) in [5.74, 6) is 1.43. The number of nitrogens with one attached hydrogen (secondary N) is 1. The van der Waals surface area contributed by atoms with Crippen LogP contribution in [0.15, 0.2) is 6.07 Å². The molecule has 0 aliphatic carbocycles. The van der Waals surface area contributed by atoms with E-state index in [0.29, 0.717) is 18.3 Å². The van der Waals surface area contributed by atoms with Crippen LogP contribution in [-0.4, -0.2) is 29.0 Å². The van der Waals surface area contributed by atoms with Gasteiger partial charge in [0.15, 0.2) is 6.61 Å². The molecule has 20 heavy (non-hydrogen) atoms. The predicted molar refractivity (Wildman–Crippen MR) is 78.9 cm³/mol. The third-order valence-electron chi connectivity index (χ3n) is 2.88. The monoisotopic (exact) mass is 279 g/mol. The van der Waals surface area contributed by atoms with Crippen molar-refractivity contribution >= 4 is 5.91 Å². The highest BCUT2D eigenvalue weighted by molar-refractivity contribution is 5.77. The first-order valence-electron chi connectivity index (χ1n) is 7.34. The van der Waals surface area contributed by atoms with Crippen molar-refractivity contribution in [2.75, 3.05) is 13.2 Å². The van der Waals surface area contributed by atoms with Crippen molar-refractivity contribution < 1.29 is 9.53 Å². The molecular formula is C15H25N3O2. The normalized spacial score (nSPS) is 10.7. The summed E-state index contributed by atoms with van der Waals surface area (Å²) in [6, 6.07) is 1.81. The largest absolute Gasteiger partial charge is 0.467 e. The summed E-state index contributed by atoms with van der Waals surface area (Å²) >= 11 is 0. The number of nitrogens with zero attached hydrogens (tertiary/aromatic N) is 2. The van der Waals surface area contributed by atoms with Gasteiger partial charge in [-0.05, 0) is 12.3 Å². The van der Waals surface area contributed by atoms with Crippen LogP contribution in [0.25, 0.3) is 0 Å². The molecule has 0 aromatic carbocycles. The van der Waals surface area contributed by atoms with E-state index in [4.69, 9.17) is 4.74 Å². The molecule has 1 aromatic heterocycles. The molecule has 1 amide bonds. The molecule has 0 bridgehead atoms. The standard InChI is InChI=1S/C15H25N3O2/c1-5-7-8-16-14(19)10-20-15-9-12(11(3)4)17-13(6-2)18-15/h9,11H,5-8,10H2,1-4H3,(H,16,19). The predicted octanol–water partition coefficient (Wildman–Crippen LogP) is 2.46. The summed E-state index contributed by atoms with van der Waals surface area (Å²) in [7, 11) is 0. The lowest BCUT2D eigenvalue weighted by Crippen LogP contribution is -2.29. The number of carbonyl (C=O) groups excluding carboxylic acids is 1. The Kier molecular flexibility index (Phi) is 6.98. The molecule has 0 atom stereocenters. The molecule has 1 rings (SSSR count). The van der Waals surface area contributed by atoms with Gasteiger partial charge in [-0.2, -0.15) is 4.98 Å². The molecule has 0 aliphatic rings. The van der Waals surface area contributed by atoms with E-state index >= 15 is 0 Å². The van der Waals surface area contributed by atoms with Crippen LogP contribution in [0.3, 0.4) is 0 Å². The fourth-order valence-corrected chi connectivity index (χ4v) is 1.62. The maximum Gasteiger partial charge on any atom is 0.258 e. The topological polar surface area (TPSA) is 64.1 Å². The van der Waals surface area contributed by atoms with Crippen molar-refractivity contribution in [2.45, 2.75) is 52.9 Å². The zero-order valence-corrected chi connectivity index (χ0v) is 12.9. The average Bonchev–Trinajstić information content (AvgIpc) is 2.45. The zero-order valence-electron chi connectivity index (χ0n) is 12.9. The van der Waals surface area contributed by atoms with Gasteiger partial charge in [-0.25, -0.2) is 4.98 Å². The summed E-state index contributed by atoms with van der Waals surface area (Å²) in [5.41, 5.74) is 0.943. The first-order chi connectivity index (χ1) is 9.56. The molecule has 0 radical (unpaired) electrons. The van der Waals surface area contributed by atoms with E-state index in [-0.39, 0.29) is 12.5 Å². The van der Waals surface area contributed by atoms with Crippen LogP contribution in [0.2, 0.25) is 0 Å². The molecule has 0 spiro atoms. The molecule has 5 heteroatoms. The van der Waals surface area contributed by atoms with Gasteiger partial charge in [-0.3, -0.25) is 4.79 Å². The van der Waals surface area contributed by atoms with Crippen LogP contribution in [0.5, 0.6) is 5.88 Å².